The van der Waals surface area contributed by atoms with Crippen molar-refractivity contribution in [3.05, 3.63) is 74.7 Å². The van der Waals surface area contributed by atoms with Gasteiger partial charge in [0.25, 0.3) is 0 Å². The second kappa shape index (κ2) is 5.06. The molecule has 0 aliphatic rings. The molecule has 0 aliphatic carbocycles. The Bertz CT molecular complexity index is 962. The van der Waals surface area contributed by atoms with E-state index in [4.69, 9.17) is 9.68 Å². The molecule has 2 aromatic heterocycles. The van der Waals surface area contributed by atoms with E-state index < -0.39 is 11.4 Å². The molecule has 0 bridgehead atoms. The van der Waals surface area contributed by atoms with Crippen molar-refractivity contribution in [1.82, 2.24) is 9.55 Å². The zero-order valence-corrected chi connectivity index (χ0v) is 10.8. The third kappa shape index (κ3) is 2.32. The summed E-state index contributed by atoms with van der Waals surface area (Å²) in [7, 11) is 0. The van der Waals surface area contributed by atoms with Gasteiger partial charge in [-0.05, 0) is 29.8 Å². The van der Waals surface area contributed by atoms with Crippen LogP contribution in [0.5, 0.6) is 0 Å². The van der Waals surface area contributed by atoms with Crippen molar-refractivity contribution in [3.63, 3.8) is 0 Å². The van der Waals surface area contributed by atoms with E-state index in [2.05, 4.69) is 4.98 Å². The first kappa shape index (κ1) is 12.8. The van der Waals surface area contributed by atoms with E-state index in [9.17, 15) is 9.59 Å². The van der Waals surface area contributed by atoms with Gasteiger partial charge < -0.3 is 4.42 Å². The summed E-state index contributed by atoms with van der Waals surface area (Å²) in [6, 6.07) is 12.0. The first-order chi connectivity index (χ1) is 10.2. The van der Waals surface area contributed by atoms with Crippen LogP contribution in [0.15, 0.2) is 56.6 Å². The largest absolute Gasteiger partial charge is 0.423 e. The molecule has 0 aliphatic heterocycles. The molecule has 3 aromatic rings. The van der Waals surface area contributed by atoms with Crippen LogP contribution >= 0.6 is 0 Å². The van der Waals surface area contributed by atoms with Crippen molar-refractivity contribution in [1.29, 1.82) is 5.26 Å². The maximum absolute atomic E-state index is 11.9. The Morgan fingerprint density at radius 3 is 2.67 bits per heavy atom. The number of benzene rings is 1. The Kier molecular flexibility index (Phi) is 3.09. The van der Waals surface area contributed by atoms with E-state index in [1.54, 1.807) is 36.4 Å². The molecule has 0 saturated heterocycles. The Morgan fingerprint density at radius 1 is 1.19 bits per heavy atom. The van der Waals surface area contributed by atoms with Gasteiger partial charge in [-0.15, -0.1) is 0 Å². The van der Waals surface area contributed by atoms with Gasteiger partial charge in [0.05, 0.1) is 18.2 Å². The molecule has 6 heteroatoms. The molecular formula is C15H9N3O3. The van der Waals surface area contributed by atoms with Crippen LogP contribution in [0.25, 0.3) is 11.0 Å². The molecule has 1 aromatic carbocycles. The molecule has 0 fully saturated rings. The Labute approximate surface area is 118 Å². The summed E-state index contributed by atoms with van der Waals surface area (Å²) in [5, 5.41) is 9.02. The van der Waals surface area contributed by atoms with Crippen LogP contribution in [-0.4, -0.2) is 9.55 Å². The van der Waals surface area contributed by atoms with E-state index in [1.807, 2.05) is 6.07 Å². The Hall–Kier alpha value is -3.20. The lowest BCUT2D eigenvalue weighted by molar-refractivity contribution is 0.423. The molecule has 3 rings (SSSR count). The van der Waals surface area contributed by atoms with Gasteiger partial charge in [0.2, 0.25) is 0 Å². The molecule has 102 valence electrons. The number of rotatable bonds is 2. The third-order valence-electron chi connectivity index (χ3n) is 3.09. The summed E-state index contributed by atoms with van der Waals surface area (Å²) in [6.45, 7) is 0.210. The Morgan fingerprint density at radius 2 is 1.95 bits per heavy atom. The molecule has 0 saturated carbocycles. The molecule has 0 atom stereocenters. The summed E-state index contributed by atoms with van der Waals surface area (Å²) < 4.78 is 5.99. The lowest BCUT2D eigenvalue weighted by atomic mass is 10.1. The van der Waals surface area contributed by atoms with E-state index in [0.29, 0.717) is 5.56 Å². The van der Waals surface area contributed by atoms with Gasteiger partial charge in [-0.3, -0.25) is 4.57 Å². The SMILES string of the molecule is N#Cc1ccc(Cn2c(=O)oc(=O)c3cccnc32)cc1. The zero-order chi connectivity index (χ0) is 14.8. The van der Waals surface area contributed by atoms with Gasteiger partial charge in [0.1, 0.15) is 5.39 Å². The van der Waals surface area contributed by atoms with Gasteiger partial charge in [-0.1, -0.05) is 12.1 Å². The monoisotopic (exact) mass is 279 g/mol. The first-order valence-corrected chi connectivity index (χ1v) is 6.17. The summed E-state index contributed by atoms with van der Waals surface area (Å²) >= 11 is 0. The highest BCUT2D eigenvalue weighted by Gasteiger charge is 2.10. The quantitative estimate of drug-likeness (QED) is 0.704. The number of fused-ring (bicyclic) bond motifs is 1. The van der Waals surface area contributed by atoms with Gasteiger partial charge in [-0.2, -0.15) is 5.26 Å². The predicted octanol–water partition coefficient (Wildman–Crippen LogP) is 1.27. The minimum Gasteiger partial charge on any atom is -0.372 e. The van der Waals surface area contributed by atoms with Crippen molar-refractivity contribution in [3.8, 4) is 6.07 Å². The molecule has 21 heavy (non-hydrogen) atoms. The maximum atomic E-state index is 11.9. The van der Waals surface area contributed by atoms with Crippen molar-refractivity contribution < 1.29 is 4.42 Å². The number of hydrogen-bond acceptors (Lipinski definition) is 5. The fourth-order valence-electron chi connectivity index (χ4n) is 2.05. The van der Waals surface area contributed by atoms with Crippen LogP contribution in [0, 0.1) is 11.3 Å². The fraction of sp³-hybridized carbons (Fsp3) is 0.0667. The fourth-order valence-corrected chi connectivity index (χ4v) is 2.05. The molecule has 0 spiro atoms. The summed E-state index contributed by atoms with van der Waals surface area (Å²) in [5.74, 6) is -0.754. The van der Waals surface area contributed by atoms with Crippen LogP contribution in [-0.2, 0) is 6.54 Å². The topological polar surface area (TPSA) is 88.9 Å². The number of hydrogen-bond donors (Lipinski definition) is 0. The van der Waals surface area contributed by atoms with Crippen LogP contribution in [0.4, 0.5) is 0 Å². The molecule has 0 N–H and O–H groups in total. The van der Waals surface area contributed by atoms with Gasteiger partial charge in [0, 0.05) is 6.20 Å². The normalized spacial score (nSPS) is 10.4. The maximum Gasteiger partial charge on any atom is 0.423 e. The van der Waals surface area contributed by atoms with Crippen molar-refractivity contribution in [2.75, 3.05) is 0 Å². The molecule has 0 unspecified atom stereocenters. The minimum absolute atomic E-state index is 0.210. The lowest BCUT2D eigenvalue weighted by Crippen LogP contribution is -2.26. The van der Waals surface area contributed by atoms with Gasteiger partial charge >= 0.3 is 11.4 Å². The summed E-state index contributed by atoms with van der Waals surface area (Å²) in [4.78, 5) is 27.6. The van der Waals surface area contributed by atoms with Crippen molar-refractivity contribution in [2.24, 2.45) is 0 Å². The third-order valence-corrected chi connectivity index (χ3v) is 3.09. The first-order valence-electron chi connectivity index (χ1n) is 6.17. The van der Waals surface area contributed by atoms with Crippen molar-refractivity contribution >= 4 is 11.0 Å². The average Bonchev–Trinajstić information content (AvgIpc) is 2.52. The number of nitrogens with zero attached hydrogens (tertiary/aromatic N) is 3. The van der Waals surface area contributed by atoms with E-state index in [-0.39, 0.29) is 17.6 Å². The van der Waals surface area contributed by atoms with Crippen LogP contribution in [0.1, 0.15) is 11.1 Å². The highest BCUT2D eigenvalue weighted by atomic mass is 16.4. The van der Waals surface area contributed by atoms with Gasteiger partial charge in [-0.25, -0.2) is 14.6 Å². The smallest absolute Gasteiger partial charge is 0.372 e. The number of aromatic nitrogens is 2. The zero-order valence-electron chi connectivity index (χ0n) is 10.8. The van der Waals surface area contributed by atoms with Crippen molar-refractivity contribution in [2.45, 2.75) is 6.54 Å². The van der Waals surface area contributed by atoms with E-state index >= 15 is 0 Å². The van der Waals surface area contributed by atoms with E-state index in [1.165, 1.54) is 10.8 Å². The van der Waals surface area contributed by atoms with Crippen LogP contribution in [0.2, 0.25) is 0 Å². The minimum atomic E-state index is -0.754. The van der Waals surface area contributed by atoms with E-state index in [0.717, 1.165) is 5.56 Å². The lowest BCUT2D eigenvalue weighted by Gasteiger charge is -2.07. The standard InChI is InChI=1S/C15H9N3O3/c16-8-10-3-5-11(6-4-10)9-18-13-12(2-1-7-17-13)14(19)21-15(18)20/h1-7H,9H2. The second-order valence-electron chi connectivity index (χ2n) is 4.42. The molecule has 6 nitrogen and oxygen atoms in total. The molecule has 0 radical (unpaired) electrons. The van der Waals surface area contributed by atoms with Gasteiger partial charge in [0.15, 0.2) is 5.65 Å². The predicted molar refractivity (Wildman–Crippen MR) is 74.8 cm³/mol. The highest BCUT2D eigenvalue weighted by Crippen LogP contribution is 2.08. The molecule has 0 amide bonds. The Balaban J connectivity index is 2.14. The van der Waals surface area contributed by atoms with Crippen LogP contribution in [0.3, 0.4) is 0 Å². The summed E-state index contributed by atoms with van der Waals surface area (Å²) in [6.07, 6.45) is 1.51. The number of pyridine rings is 1. The van der Waals surface area contributed by atoms with Crippen LogP contribution < -0.4 is 11.4 Å². The highest BCUT2D eigenvalue weighted by molar-refractivity contribution is 5.72. The average molecular weight is 279 g/mol. The number of nitriles is 1. The molecular weight excluding hydrogens is 270 g/mol. The summed E-state index contributed by atoms with van der Waals surface area (Å²) in [5.41, 5.74) is 0.924. The molecule has 2 heterocycles. The second-order valence-corrected chi connectivity index (χ2v) is 4.42.